The molecule has 2 aromatic rings. The number of nitrogens with zero attached hydrogens (tertiary/aromatic N) is 2. The highest BCUT2D eigenvalue weighted by atomic mass is 35.5. The third-order valence-corrected chi connectivity index (χ3v) is 5.74. The lowest BCUT2D eigenvalue weighted by atomic mass is 10.1. The Morgan fingerprint density at radius 1 is 1.21 bits per heavy atom. The lowest BCUT2D eigenvalue weighted by Gasteiger charge is -2.11. The Labute approximate surface area is 198 Å². The van der Waals surface area contributed by atoms with E-state index in [9.17, 15) is 19.5 Å². The first kappa shape index (κ1) is 24.1. The fraction of sp³-hybridized carbons (Fsp3) is 0.190. The molecule has 0 aromatic heterocycles. The maximum atomic E-state index is 12.2. The van der Waals surface area contributed by atoms with Crippen molar-refractivity contribution in [2.75, 3.05) is 19.5 Å². The zero-order valence-electron chi connectivity index (χ0n) is 17.5. The molecule has 2 aromatic carbocycles. The van der Waals surface area contributed by atoms with Gasteiger partial charge in [0.15, 0.2) is 16.7 Å². The second kappa shape index (κ2) is 10.8. The molecule has 1 saturated heterocycles. The van der Waals surface area contributed by atoms with E-state index >= 15 is 0 Å². The normalized spacial score (nSPS) is 16.6. The van der Waals surface area contributed by atoms with Gasteiger partial charge in [-0.3, -0.25) is 9.59 Å². The number of aromatic carboxylic acids is 1. The SMILES string of the molecule is COc1ccc(/C=N\N=C2\NC(=O)[C@H](CC(=O)Nc3ccc(Cl)cc3)S2)c(C(=O)O)c1OC. The largest absolute Gasteiger partial charge is 0.493 e. The molecule has 172 valence electrons. The molecule has 1 heterocycles. The van der Waals surface area contributed by atoms with Crippen molar-refractivity contribution in [1.82, 2.24) is 5.32 Å². The lowest BCUT2D eigenvalue weighted by Crippen LogP contribution is -2.28. The number of nitrogens with one attached hydrogen (secondary N) is 2. The average Bonchev–Trinajstić information content (AvgIpc) is 3.13. The predicted octanol–water partition coefficient (Wildman–Crippen LogP) is 3.01. The topological polar surface area (TPSA) is 139 Å². The molecule has 3 N–H and O–H groups in total. The maximum Gasteiger partial charge on any atom is 0.340 e. The van der Waals surface area contributed by atoms with Gasteiger partial charge in [-0.25, -0.2) is 4.79 Å². The van der Waals surface area contributed by atoms with Crippen molar-refractivity contribution < 1.29 is 29.0 Å². The summed E-state index contributed by atoms with van der Waals surface area (Å²) in [6.45, 7) is 0. The van der Waals surface area contributed by atoms with E-state index in [4.69, 9.17) is 21.1 Å². The summed E-state index contributed by atoms with van der Waals surface area (Å²) in [5.74, 6) is -1.63. The maximum absolute atomic E-state index is 12.2. The summed E-state index contributed by atoms with van der Waals surface area (Å²) in [6.07, 6.45) is 1.16. The number of halogens is 1. The van der Waals surface area contributed by atoms with Crippen LogP contribution in [-0.2, 0) is 9.59 Å². The van der Waals surface area contributed by atoms with E-state index in [1.165, 1.54) is 26.5 Å². The summed E-state index contributed by atoms with van der Waals surface area (Å²) < 4.78 is 10.3. The Morgan fingerprint density at radius 3 is 2.58 bits per heavy atom. The van der Waals surface area contributed by atoms with E-state index in [0.717, 1.165) is 11.8 Å². The van der Waals surface area contributed by atoms with Gasteiger partial charge >= 0.3 is 5.97 Å². The van der Waals surface area contributed by atoms with Crippen LogP contribution in [-0.4, -0.2) is 53.7 Å². The fourth-order valence-electron chi connectivity index (χ4n) is 2.91. The highest BCUT2D eigenvalue weighted by Crippen LogP contribution is 2.33. The molecule has 0 spiro atoms. The fourth-order valence-corrected chi connectivity index (χ4v) is 3.96. The zero-order valence-corrected chi connectivity index (χ0v) is 19.1. The van der Waals surface area contributed by atoms with Crippen molar-refractivity contribution in [3.05, 3.63) is 52.5 Å². The van der Waals surface area contributed by atoms with Gasteiger partial charge in [0.2, 0.25) is 11.8 Å². The van der Waals surface area contributed by atoms with Gasteiger partial charge in [0, 0.05) is 22.7 Å². The zero-order chi connectivity index (χ0) is 24.0. The van der Waals surface area contributed by atoms with E-state index in [0.29, 0.717) is 10.7 Å². The van der Waals surface area contributed by atoms with Gasteiger partial charge in [0.25, 0.3) is 0 Å². The van der Waals surface area contributed by atoms with Crippen LogP contribution in [0.5, 0.6) is 11.5 Å². The molecule has 0 unspecified atom stereocenters. The number of hydrogen-bond donors (Lipinski definition) is 3. The molecule has 0 saturated carbocycles. The number of carboxylic acids is 1. The Bertz CT molecular complexity index is 1140. The third-order valence-electron chi connectivity index (χ3n) is 4.41. The number of anilines is 1. The standard InChI is InChI=1S/C21H19ClN4O6S/c1-31-14-8-3-11(17(20(29)30)18(14)32-2)10-23-26-21-25-19(28)15(33-21)9-16(27)24-13-6-4-12(22)5-7-13/h3-8,10,15H,9H2,1-2H3,(H,24,27)(H,29,30)(H,25,26,28)/b23-10-/t15-/m0/s1. The van der Waals surface area contributed by atoms with E-state index in [1.54, 1.807) is 30.3 Å². The molecular weight excluding hydrogens is 472 g/mol. The number of amidine groups is 1. The van der Waals surface area contributed by atoms with Crippen LogP contribution in [0.4, 0.5) is 5.69 Å². The van der Waals surface area contributed by atoms with Crippen molar-refractivity contribution in [2.45, 2.75) is 11.7 Å². The number of carbonyl (C=O) groups excluding carboxylic acids is 2. The molecule has 0 radical (unpaired) electrons. The summed E-state index contributed by atoms with van der Waals surface area (Å²) in [5, 5.41) is 22.6. The third kappa shape index (κ3) is 6.02. The van der Waals surface area contributed by atoms with E-state index < -0.39 is 11.2 Å². The second-order valence-corrected chi connectivity index (χ2v) is 8.20. The molecule has 2 amide bonds. The minimum absolute atomic E-state index is 0.0527. The van der Waals surface area contributed by atoms with Crippen molar-refractivity contribution in [3.8, 4) is 11.5 Å². The highest BCUT2D eigenvalue weighted by molar-refractivity contribution is 8.15. The number of carbonyl (C=O) groups is 3. The van der Waals surface area contributed by atoms with Crippen molar-refractivity contribution in [3.63, 3.8) is 0 Å². The van der Waals surface area contributed by atoms with Crippen LogP contribution in [0.3, 0.4) is 0 Å². The summed E-state index contributed by atoms with van der Waals surface area (Å²) in [6, 6.07) is 9.64. The highest BCUT2D eigenvalue weighted by Gasteiger charge is 2.32. The van der Waals surface area contributed by atoms with Gasteiger partial charge < -0.3 is 25.2 Å². The molecule has 3 rings (SSSR count). The van der Waals surface area contributed by atoms with Gasteiger partial charge in [0.1, 0.15) is 10.8 Å². The van der Waals surface area contributed by atoms with Crippen molar-refractivity contribution >= 4 is 58.2 Å². The van der Waals surface area contributed by atoms with Gasteiger partial charge in [-0.05, 0) is 36.4 Å². The number of methoxy groups -OCH3 is 2. The van der Waals surface area contributed by atoms with Crippen LogP contribution >= 0.6 is 23.4 Å². The summed E-state index contributed by atoms with van der Waals surface area (Å²) >= 11 is 6.87. The average molecular weight is 491 g/mol. The van der Waals surface area contributed by atoms with Crippen LogP contribution in [0.15, 0.2) is 46.6 Å². The number of thioether (sulfide) groups is 1. The van der Waals surface area contributed by atoms with Gasteiger partial charge in [-0.15, -0.1) is 5.10 Å². The molecule has 1 aliphatic heterocycles. The van der Waals surface area contributed by atoms with Crippen LogP contribution < -0.4 is 20.1 Å². The van der Waals surface area contributed by atoms with Crippen molar-refractivity contribution in [2.24, 2.45) is 10.2 Å². The van der Waals surface area contributed by atoms with Crippen LogP contribution in [0.2, 0.25) is 5.02 Å². The molecule has 10 nitrogen and oxygen atoms in total. The minimum Gasteiger partial charge on any atom is -0.493 e. The summed E-state index contributed by atoms with van der Waals surface area (Å²) in [7, 11) is 2.73. The lowest BCUT2D eigenvalue weighted by molar-refractivity contribution is -0.122. The monoisotopic (exact) mass is 490 g/mol. The number of ether oxygens (including phenoxy) is 2. The molecule has 33 heavy (non-hydrogen) atoms. The second-order valence-electron chi connectivity index (χ2n) is 6.58. The first-order valence-electron chi connectivity index (χ1n) is 9.44. The van der Waals surface area contributed by atoms with E-state index in [2.05, 4.69) is 20.8 Å². The Hall–Kier alpha value is -3.57. The van der Waals surface area contributed by atoms with Gasteiger partial charge in [0.05, 0.1) is 20.4 Å². The smallest absolute Gasteiger partial charge is 0.340 e. The number of carboxylic acid groups (broad SMARTS) is 1. The summed E-state index contributed by atoms with van der Waals surface area (Å²) in [5.41, 5.74) is 0.661. The first-order chi connectivity index (χ1) is 15.8. The molecule has 0 aliphatic carbocycles. The number of rotatable bonds is 8. The molecule has 1 atom stereocenters. The van der Waals surface area contributed by atoms with Crippen molar-refractivity contribution in [1.29, 1.82) is 0 Å². The van der Waals surface area contributed by atoms with E-state index in [1.807, 2.05) is 0 Å². The molecule has 0 bridgehead atoms. The predicted molar refractivity (Wildman–Crippen MR) is 126 cm³/mol. The van der Waals surface area contributed by atoms with Gasteiger partial charge in [-0.1, -0.05) is 23.4 Å². The first-order valence-corrected chi connectivity index (χ1v) is 10.7. The van der Waals surface area contributed by atoms with E-state index in [-0.39, 0.29) is 46.0 Å². The van der Waals surface area contributed by atoms with Crippen LogP contribution in [0.25, 0.3) is 0 Å². The Balaban J connectivity index is 1.67. The van der Waals surface area contributed by atoms with Crippen LogP contribution in [0, 0.1) is 0 Å². The Morgan fingerprint density at radius 2 is 1.94 bits per heavy atom. The number of amides is 2. The number of hydrogen-bond acceptors (Lipinski definition) is 8. The number of benzene rings is 2. The molecule has 1 fully saturated rings. The summed E-state index contributed by atoms with van der Waals surface area (Å²) in [4.78, 5) is 36.1. The molecular formula is C21H19ClN4O6S. The Kier molecular flexibility index (Phi) is 7.91. The quantitative estimate of drug-likeness (QED) is 0.382. The minimum atomic E-state index is -1.23. The molecule has 1 aliphatic rings. The molecule has 12 heteroatoms. The van der Waals surface area contributed by atoms with Crippen LogP contribution in [0.1, 0.15) is 22.3 Å². The van der Waals surface area contributed by atoms with Gasteiger partial charge in [-0.2, -0.15) is 5.10 Å².